The molecule has 0 saturated heterocycles. The topological polar surface area (TPSA) is 247 Å². The Hall–Kier alpha value is -9.10. The van der Waals surface area contributed by atoms with Gasteiger partial charge in [0.25, 0.3) is 0 Å². The maximum absolute atomic E-state index is 14.3. The zero-order valence-corrected chi connectivity index (χ0v) is 51.8. The summed E-state index contributed by atoms with van der Waals surface area (Å²) in [6, 6.07) is 34.7. The number of carbonyl (C=O) groups excluding carboxylic acids is 1. The minimum Gasteiger partial charge on any atom is -0.444 e. The largest absolute Gasteiger partial charge is 0.444 e. The van der Waals surface area contributed by atoms with Crippen molar-refractivity contribution < 1.29 is 35.9 Å². The summed E-state index contributed by atoms with van der Waals surface area (Å²) in [4.78, 5) is 34.4. The fourth-order valence-electron chi connectivity index (χ4n) is 10.7. The molecule has 4 aromatic heterocycles. The molecule has 10 N–H and O–H groups in total. The number of ether oxygens (including phenoxy) is 1. The molecule has 27 heteroatoms. The Bertz CT molecular complexity index is 4120. The molecule has 0 bridgehead atoms. The Balaban J connectivity index is 0.000000148. The van der Waals surface area contributed by atoms with Gasteiger partial charge in [-0.3, -0.25) is 10.2 Å². The van der Waals surface area contributed by atoms with E-state index in [1.807, 2.05) is 92.4 Å². The molecule has 18 nitrogen and oxygen atoms in total. The van der Waals surface area contributed by atoms with Crippen LogP contribution < -0.4 is 42.5 Å². The van der Waals surface area contributed by atoms with E-state index in [4.69, 9.17) is 56.7 Å². The summed E-state index contributed by atoms with van der Waals surface area (Å²) in [6.45, 7) is 8.24. The highest BCUT2D eigenvalue weighted by Crippen LogP contribution is 2.33. The Morgan fingerprint density at radius 3 is 1.46 bits per heavy atom. The minimum absolute atomic E-state index is 0.00388. The number of nitrogen functional groups attached to an aromatic ring is 2. The third-order valence-corrected chi connectivity index (χ3v) is 14.8. The van der Waals surface area contributed by atoms with E-state index in [1.165, 1.54) is 42.0 Å². The van der Waals surface area contributed by atoms with Gasteiger partial charge < -0.3 is 47.3 Å². The van der Waals surface area contributed by atoms with Crippen LogP contribution in [-0.4, -0.2) is 95.1 Å². The molecule has 3 unspecified atom stereocenters. The molecule has 10 aromatic rings. The zero-order chi connectivity index (χ0) is 64.9. The summed E-state index contributed by atoms with van der Waals surface area (Å²) in [7, 11) is 0. The van der Waals surface area contributed by atoms with Crippen molar-refractivity contribution in [2.75, 3.05) is 56.5 Å². The van der Waals surface area contributed by atoms with E-state index in [0.717, 1.165) is 64.6 Å². The number of alkyl halides is 2. The van der Waals surface area contributed by atoms with Crippen LogP contribution in [-0.2, 0) is 43.6 Å². The lowest BCUT2D eigenvalue weighted by Gasteiger charge is -2.37. The van der Waals surface area contributed by atoms with Crippen LogP contribution in [0, 0.1) is 34.9 Å². The van der Waals surface area contributed by atoms with Crippen molar-refractivity contribution >= 4 is 97.7 Å². The smallest absolute Gasteiger partial charge is 0.407 e. The van der Waals surface area contributed by atoms with Crippen molar-refractivity contribution in [1.82, 2.24) is 45.6 Å². The first-order valence-electron chi connectivity index (χ1n) is 28.6. The van der Waals surface area contributed by atoms with E-state index >= 15 is 0 Å². The van der Waals surface area contributed by atoms with Crippen LogP contribution in [0.15, 0.2) is 140 Å². The molecule has 1 amide bonds. The number of aromatic amines is 2. The number of nitrogens with two attached hydrogens (primary N) is 3. The first-order chi connectivity index (χ1) is 43.6. The summed E-state index contributed by atoms with van der Waals surface area (Å²) >= 11 is 15.2. The van der Waals surface area contributed by atoms with Crippen LogP contribution in [0.3, 0.4) is 0 Å². The maximum Gasteiger partial charge on any atom is 0.407 e. The Labute approximate surface area is 535 Å². The fraction of sp³-hybridized carbons (Fsp3) is 0.266. The van der Waals surface area contributed by atoms with Crippen molar-refractivity contribution in [1.29, 1.82) is 0 Å². The lowest BCUT2D eigenvalue weighted by atomic mass is 9.97. The van der Waals surface area contributed by atoms with Gasteiger partial charge in [-0.05, 0) is 93.1 Å². The molecule has 3 aliphatic rings. The number of aromatic nitrogens is 8. The lowest BCUT2D eigenvalue weighted by molar-refractivity contribution is 0.0504. The summed E-state index contributed by atoms with van der Waals surface area (Å²) in [5, 5.41) is 21.5. The van der Waals surface area contributed by atoms with Gasteiger partial charge in [0, 0.05) is 103 Å². The van der Waals surface area contributed by atoms with Crippen molar-refractivity contribution in [2.24, 2.45) is 5.73 Å². The molecule has 13 rings (SSSR count). The van der Waals surface area contributed by atoms with Crippen LogP contribution in [0.1, 0.15) is 54.2 Å². The van der Waals surface area contributed by atoms with Gasteiger partial charge in [-0.2, -0.15) is 25.1 Å². The highest BCUT2D eigenvalue weighted by Gasteiger charge is 2.30. The number of nitrogens with zero attached hydrogens (tertiary/aromatic N) is 9. The molecule has 0 spiro atoms. The highest BCUT2D eigenvalue weighted by atomic mass is 35.5. The number of benzene rings is 6. The van der Waals surface area contributed by atoms with E-state index in [-0.39, 0.29) is 41.9 Å². The van der Waals surface area contributed by atoms with Crippen molar-refractivity contribution in [3.8, 4) is 0 Å². The highest BCUT2D eigenvalue weighted by molar-refractivity contribution is 6.40. The van der Waals surface area contributed by atoms with Gasteiger partial charge >= 0.3 is 6.09 Å². The van der Waals surface area contributed by atoms with E-state index in [0.29, 0.717) is 83.5 Å². The van der Waals surface area contributed by atoms with E-state index in [1.54, 1.807) is 12.4 Å². The van der Waals surface area contributed by atoms with Crippen LogP contribution >= 0.6 is 34.8 Å². The van der Waals surface area contributed by atoms with Gasteiger partial charge in [-0.25, -0.2) is 36.1 Å². The van der Waals surface area contributed by atoms with Gasteiger partial charge in [0.2, 0.25) is 11.9 Å². The molecule has 476 valence electrons. The maximum atomic E-state index is 14.3. The van der Waals surface area contributed by atoms with Gasteiger partial charge in [0.05, 0.1) is 34.5 Å². The molecule has 3 atom stereocenters. The normalized spacial score (nSPS) is 15.6. The fourth-order valence-corrected chi connectivity index (χ4v) is 11.0. The minimum atomic E-state index is -0.597. The Morgan fingerprint density at radius 1 is 0.582 bits per heavy atom. The second kappa shape index (κ2) is 30.1. The quantitative estimate of drug-likeness (QED) is 0.0403. The van der Waals surface area contributed by atoms with Gasteiger partial charge in [-0.15, -0.1) is 23.2 Å². The molecular weight excluding hydrogens is 1250 g/mol. The van der Waals surface area contributed by atoms with E-state index in [9.17, 15) is 31.1 Å². The summed E-state index contributed by atoms with van der Waals surface area (Å²) in [5.74, 6) is -2.48. The number of hydrogen-bond donors (Lipinski definition) is 7. The molecule has 7 heterocycles. The number of para-hydroxylation sites is 3. The summed E-state index contributed by atoms with van der Waals surface area (Å²) in [5.41, 5.74) is 25.6. The van der Waals surface area contributed by atoms with Crippen molar-refractivity contribution in [2.45, 2.75) is 83.4 Å². The molecule has 0 aliphatic carbocycles. The van der Waals surface area contributed by atoms with Crippen LogP contribution in [0.2, 0.25) is 5.15 Å². The van der Waals surface area contributed by atoms with Crippen molar-refractivity contribution in [3.63, 3.8) is 0 Å². The number of H-pyrrole nitrogens is 2. The number of nitrogens with one attached hydrogen (secondary N) is 4. The number of amides is 1. The average Bonchev–Trinajstić information content (AvgIpc) is 1.52. The van der Waals surface area contributed by atoms with Gasteiger partial charge in [-0.1, -0.05) is 84.4 Å². The number of rotatable bonds is 9. The third-order valence-electron chi connectivity index (χ3n) is 14.5. The van der Waals surface area contributed by atoms with Gasteiger partial charge in [0.1, 0.15) is 51.5 Å². The first kappa shape index (κ1) is 66.3. The molecule has 6 aromatic carbocycles. The van der Waals surface area contributed by atoms with Crippen molar-refractivity contribution in [3.05, 3.63) is 213 Å². The predicted octanol–water partition coefficient (Wildman–Crippen LogP) is 12.5. The molecular formula is C64H65Cl3F6N16O2. The Morgan fingerprint density at radius 2 is 0.989 bits per heavy atom. The third kappa shape index (κ3) is 17.9. The number of hydrogen-bond acceptors (Lipinski definition) is 15. The molecule has 0 radical (unpaired) electrons. The van der Waals surface area contributed by atoms with E-state index in [2.05, 4.69) is 66.8 Å². The first-order valence-corrected chi connectivity index (χ1v) is 30.1. The number of carbonyl (C=O) groups is 1. The second-order valence-corrected chi connectivity index (χ2v) is 23.6. The van der Waals surface area contributed by atoms with Gasteiger partial charge in [0.15, 0.2) is 11.3 Å². The SMILES string of the molecule is CC(C)(C)OC(=O)NC1Cc2ccccc2N(Cc2ccc(F)cc2F)C1.ClCCl.NC1Cc2ccccc2N(Cc2ccc(F)cc2F)C1.Nc1nc(Cl)c2cn[nH]c2n1.Nc1nc(NC2Cc3ccccc3N(Cc3ccc(F)cc3F)C2)c2cn[nH]c2n1. The molecule has 3 aliphatic heterocycles. The van der Waals surface area contributed by atoms with Crippen LogP contribution in [0.5, 0.6) is 0 Å². The number of fused-ring (bicyclic) bond motifs is 5. The Kier molecular flexibility index (Phi) is 22.0. The molecule has 0 fully saturated rings. The van der Waals surface area contributed by atoms with E-state index < -0.39 is 46.6 Å². The number of halogens is 9. The van der Waals surface area contributed by atoms with Crippen LogP contribution in [0.4, 0.5) is 65.9 Å². The monoisotopic (exact) mass is 1310 g/mol. The lowest BCUT2D eigenvalue weighted by Crippen LogP contribution is -2.49. The number of anilines is 6. The summed E-state index contributed by atoms with van der Waals surface area (Å²) < 4.78 is 87.0. The molecule has 0 saturated carbocycles. The zero-order valence-electron chi connectivity index (χ0n) is 49.6. The standard InChI is InChI=1S/C21H19F2N7.C21H24F2N2O2.C16H16F2N2.C5H4ClN5.CH2Cl2/c22-14-6-5-13(17(23)8-14)10-30-11-15(7-12-3-1-2-4-18(12)30)26-19-16-9-25-29-20(16)28-21(24)27-19;1-21(2,3)27-20(26)24-17-10-14-6-4-5-7-19(14)25(13-17)12-15-8-9-16(22)11-18(15)23;17-13-6-5-12(15(18)8-13)9-20-10-14(19)7-11-3-1-2-4-16(11)20;6-3-2-1-8-11-4(2)10-5(7)9-3;2-1-3/h1-6,8-9,15H,7,10-11H2,(H4,24,25,26,27,28,29);4-9,11,17H,10,12-13H2,1-3H3,(H,24,26);1-6,8,14H,7,9-10,19H2;1H,(H3,7,8,9,10,11);1H2. The molecule has 91 heavy (non-hydrogen) atoms. The van der Waals surface area contributed by atoms with Crippen LogP contribution in [0.25, 0.3) is 22.1 Å². The predicted molar refractivity (Wildman–Crippen MR) is 345 cm³/mol. The summed E-state index contributed by atoms with van der Waals surface area (Å²) in [6.07, 6.45) is 4.99. The second-order valence-electron chi connectivity index (χ2n) is 22.5. The number of alkyl carbamates (subject to hydrolysis) is 1. The average molecular weight is 1310 g/mol.